The normalized spacial score (nSPS) is 13.3. The first-order valence-corrected chi connectivity index (χ1v) is 4.64. The molecule has 2 aromatic rings. The standard InChI is InChI=1S/C11H13NO2/c1-7(13)5-8-6-12-9-3-2-4-10(14)11(8)9/h2-4,6-7,12-14H,5H2,1H3. The first-order chi connectivity index (χ1) is 6.68. The fourth-order valence-corrected chi connectivity index (χ4v) is 1.71. The van der Waals surface area contributed by atoms with E-state index >= 15 is 0 Å². The summed E-state index contributed by atoms with van der Waals surface area (Å²) in [5.74, 6) is 0.263. The van der Waals surface area contributed by atoms with E-state index in [9.17, 15) is 10.2 Å². The van der Waals surface area contributed by atoms with Gasteiger partial charge in [-0.25, -0.2) is 0 Å². The van der Waals surface area contributed by atoms with E-state index in [2.05, 4.69) is 4.98 Å². The molecule has 0 saturated carbocycles. The summed E-state index contributed by atoms with van der Waals surface area (Å²) in [6, 6.07) is 5.35. The Balaban J connectivity index is 2.55. The molecule has 3 nitrogen and oxygen atoms in total. The Morgan fingerprint density at radius 1 is 1.43 bits per heavy atom. The number of aliphatic hydroxyl groups excluding tert-OH is 1. The summed E-state index contributed by atoms with van der Waals surface area (Å²) in [6.07, 6.45) is 1.99. The van der Waals surface area contributed by atoms with E-state index in [1.165, 1.54) is 0 Å². The molecule has 3 heteroatoms. The first-order valence-electron chi connectivity index (χ1n) is 4.64. The first kappa shape index (κ1) is 9.09. The predicted octanol–water partition coefficient (Wildman–Crippen LogP) is 1.80. The minimum absolute atomic E-state index is 0.263. The highest BCUT2D eigenvalue weighted by molar-refractivity contribution is 5.88. The van der Waals surface area contributed by atoms with Gasteiger partial charge >= 0.3 is 0 Å². The van der Waals surface area contributed by atoms with Gasteiger partial charge in [0.2, 0.25) is 0 Å². The molecule has 0 bridgehead atoms. The molecule has 1 aromatic carbocycles. The fraction of sp³-hybridized carbons (Fsp3) is 0.273. The van der Waals surface area contributed by atoms with Crippen LogP contribution in [0.3, 0.4) is 0 Å². The molecule has 0 aliphatic rings. The van der Waals surface area contributed by atoms with E-state index in [0.717, 1.165) is 16.5 Å². The Morgan fingerprint density at radius 3 is 2.93 bits per heavy atom. The number of aromatic nitrogens is 1. The van der Waals surface area contributed by atoms with Crippen molar-refractivity contribution < 1.29 is 10.2 Å². The quantitative estimate of drug-likeness (QED) is 0.678. The van der Waals surface area contributed by atoms with Gasteiger partial charge in [0.15, 0.2) is 0 Å². The van der Waals surface area contributed by atoms with Gasteiger partial charge in [0.25, 0.3) is 0 Å². The lowest BCUT2D eigenvalue weighted by Crippen LogP contribution is -2.03. The molecular formula is C11H13NO2. The van der Waals surface area contributed by atoms with E-state index in [-0.39, 0.29) is 5.75 Å². The maximum absolute atomic E-state index is 9.65. The van der Waals surface area contributed by atoms with Crippen LogP contribution in [0, 0.1) is 0 Å². The van der Waals surface area contributed by atoms with Crippen LogP contribution in [0.5, 0.6) is 5.75 Å². The summed E-state index contributed by atoms with van der Waals surface area (Å²) in [4.78, 5) is 3.06. The molecule has 1 atom stereocenters. The van der Waals surface area contributed by atoms with Crippen LogP contribution in [0.1, 0.15) is 12.5 Å². The molecular weight excluding hydrogens is 178 g/mol. The second kappa shape index (κ2) is 3.35. The molecule has 1 heterocycles. The maximum Gasteiger partial charge on any atom is 0.125 e. The Kier molecular flexibility index (Phi) is 2.17. The van der Waals surface area contributed by atoms with E-state index in [1.54, 1.807) is 19.1 Å². The van der Waals surface area contributed by atoms with Crippen molar-refractivity contribution in [2.45, 2.75) is 19.4 Å². The topological polar surface area (TPSA) is 56.2 Å². The lowest BCUT2D eigenvalue weighted by atomic mass is 10.1. The molecule has 14 heavy (non-hydrogen) atoms. The Labute approximate surface area is 82.0 Å². The lowest BCUT2D eigenvalue weighted by molar-refractivity contribution is 0.196. The van der Waals surface area contributed by atoms with Crippen molar-refractivity contribution in [2.75, 3.05) is 0 Å². The van der Waals surface area contributed by atoms with Crippen LogP contribution in [0.25, 0.3) is 10.9 Å². The molecule has 0 aliphatic carbocycles. The van der Waals surface area contributed by atoms with Crippen LogP contribution in [-0.2, 0) is 6.42 Å². The number of aliphatic hydroxyl groups is 1. The molecule has 3 N–H and O–H groups in total. The van der Waals surface area contributed by atoms with Gasteiger partial charge in [-0.1, -0.05) is 6.07 Å². The number of nitrogens with one attached hydrogen (secondary N) is 1. The van der Waals surface area contributed by atoms with E-state index < -0.39 is 6.10 Å². The molecule has 0 saturated heterocycles. The van der Waals surface area contributed by atoms with Crippen LogP contribution in [0.15, 0.2) is 24.4 Å². The molecule has 1 unspecified atom stereocenters. The number of rotatable bonds is 2. The number of aromatic hydroxyl groups is 1. The molecule has 74 valence electrons. The summed E-state index contributed by atoms with van der Waals surface area (Å²) >= 11 is 0. The van der Waals surface area contributed by atoms with Crippen molar-refractivity contribution >= 4 is 10.9 Å². The average molecular weight is 191 g/mol. The van der Waals surface area contributed by atoms with Gasteiger partial charge < -0.3 is 15.2 Å². The average Bonchev–Trinajstić information content (AvgIpc) is 2.49. The van der Waals surface area contributed by atoms with Crippen molar-refractivity contribution in [1.82, 2.24) is 4.98 Å². The third kappa shape index (κ3) is 1.46. The molecule has 2 rings (SSSR count). The van der Waals surface area contributed by atoms with Crippen LogP contribution >= 0.6 is 0 Å². The highest BCUT2D eigenvalue weighted by atomic mass is 16.3. The third-order valence-corrected chi connectivity index (χ3v) is 2.28. The highest BCUT2D eigenvalue weighted by Gasteiger charge is 2.09. The maximum atomic E-state index is 9.65. The van der Waals surface area contributed by atoms with Gasteiger partial charge in [-0.05, 0) is 24.6 Å². The van der Waals surface area contributed by atoms with E-state index in [1.807, 2.05) is 12.3 Å². The van der Waals surface area contributed by atoms with Crippen LogP contribution in [0.2, 0.25) is 0 Å². The van der Waals surface area contributed by atoms with Crippen LogP contribution in [-0.4, -0.2) is 21.3 Å². The minimum atomic E-state index is -0.395. The van der Waals surface area contributed by atoms with E-state index in [0.29, 0.717) is 6.42 Å². The summed E-state index contributed by atoms with van der Waals surface area (Å²) in [5, 5.41) is 19.7. The second-order valence-corrected chi connectivity index (χ2v) is 3.57. The molecule has 0 spiro atoms. The van der Waals surface area contributed by atoms with Crippen molar-refractivity contribution in [3.05, 3.63) is 30.0 Å². The number of H-pyrrole nitrogens is 1. The number of phenols is 1. The summed E-state index contributed by atoms with van der Waals surface area (Å²) in [5.41, 5.74) is 1.86. The molecule has 0 amide bonds. The summed E-state index contributed by atoms with van der Waals surface area (Å²) in [6.45, 7) is 1.73. The zero-order chi connectivity index (χ0) is 10.1. The van der Waals surface area contributed by atoms with Gasteiger partial charge in [0.05, 0.1) is 6.10 Å². The zero-order valence-electron chi connectivity index (χ0n) is 7.99. The Hall–Kier alpha value is -1.48. The number of fused-ring (bicyclic) bond motifs is 1. The van der Waals surface area contributed by atoms with Gasteiger partial charge in [-0.3, -0.25) is 0 Å². The molecule has 0 fully saturated rings. The van der Waals surface area contributed by atoms with Crippen molar-refractivity contribution in [2.24, 2.45) is 0 Å². The SMILES string of the molecule is CC(O)Cc1c[nH]c2cccc(O)c12. The number of hydrogen-bond acceptors (Lipinski definition) is 2. The number of benzene rings is 1. The Bertz CT molecular complexity index is 445. The Morgan fingerprint density at radius 2 is 2.21 bits per heavy atom. The van der Waals surface area contributed by atoms with Crippen molar-refractivity contribution in [1.29, 1.82) is 0 Å². The van der Waals surface area contributed by atoms with Crippen molar-refractivity contribution in [3.8, 4) is 5.75 Å². The highest BCUT2D eigenvalue weighted by Crippen LogP contribution is 2.28. The number of aromatic amines is 1. The minimum Gasteiger partial charge on any atom is -0.507 e. The van der Waals surface area contributed by atoms with E-state index in [4.69, 9.17) is 0 Å². The number of phenolic OH excluding ortho intramolecular Hbond substituents is 1. The second-order valence-electron chi connectivity index (χ2n) is 3.57. The lowest BCUT2D eigenvalue weighted by Gasteiger charge is -2.03. The van der Waals surface area contributed by atoms with Crippen molar-refractivity contribution in [3.63, 3.8) is 0 Å². The van der Waals surface area contributed by atoms with Gasteiger partial charge in [-0.2, -0.15) is 0 Å². The fourth-order valence-electron chi connectivity index (χ4n) is 1.71. The largest absolute Gasteiger partial charge is 0.507 e. The number of hydrogen-bond donors (Lipinski definition) is 3. The van der Waals surface area contributed by atoms with Gasteiger partial charge in [0, 0.05) is 23.5 Å². The molecule has 0 radical (unpaired) electrons. The van der Waals surface area contributed by atoms with Gasteiger partial charge in [0.1, 0.15) is 5.75 Å². The van der Waals surface area contributed by atoms with Crippen LogP contribution in [0.4, 0.5) is 0 Å². The predicted molar refractivity (Wildman–Crippen MR) is 55.3 cm³/mol. The summed E-state index contributed by atoms with van der Waals surface area (Å²) < 4.78 is 0. The summed E-state index contributed by atoms with van der Waals surface area (Å²) in [7, 11) is 0. The van der Waals surface area contributed by atoms with Crippen LogP contribution < -0.4 is 0 Å². The molecule has 1 aromatic heterocycles. The smallest absolute Gasteiger partial charge is 0.125 e. The van der Waals surface area contributed by atoms with Gasteiger partial charge in [-0.15, -0.1) is 0 Å². The third-order valence-electron chi connectivity index (χ3n) is 2.28. The monoisotopic (exact) mass is 191 g/mol. The molecule has 0 aliphatic heterocycles. The zero-order valence-corrected chi connectivity index (χ0v) is 7.99.